The van der Waals surface area contributed by atoms with Gasteiger partial charge < -0.3 is 10.2 Å². The Labute approximate surface area is 96.0 Å². The quantitative estimate of drug-likeness (QED) is 0.685. The van der Waals surface area contributed by atoms with Crippen LogP contribution in [0.15, 0.2) is 11.1 Å². The van der Waals surface area contributed by atoms with E-state index in [4.69, 9.17) is 10.2 Å². The zero-order valence-corrected chi connectivity index (χ0v) is 10.3. The van der Waals surface area contributed by atoms with Gasteiger partial charge in [0.15, 0.2) is 0 Å². The Morgan fingerprint density at radius 3 is 1.75 bits per heavy atom. The summed E-state index contributed by atoms with van der Waals surface area (Å²) >= 11 is 0. The Morgan fingerprint density at radius 1 is 1.00 bits per heavy atom. The summed E-state index contributed by atoms with van der Waals surface area (Å²) in [6.45, 7) is 7.36. The smallest absolute Gasteiger partial charge is 0.332 e. The first-order valence-corrected chi connectivity index (χ1v) is 5.47. The van der Waals surface area contributed by atoms with Crippen molar-refractivity contribution < 1.29 is 19.8 Å². The molecule has 4 heteroatoms. The highest BCUT2D eigenvalue weighted by atomic mass is 16.4. The number of carboxylic acids is 2. The molecule has 2 N–H and O–H groups in total. The van der Waals surface area contributed by atoms with Crippen LogP contribution >= 0.6 is 0 Å². The van der Waals surface area contributed by atoms with Crippen LogP contribution in [0.1, 0.15) is 40.5 Å². The molecule has 0 rings (SSSR count). The molecule has 0 fully saturated rings. The maximum absolute atomic E-state index is 11.0. The Hall–Kier alpha value is -1.32. The Balaban J connectivity index is 5.16. The molecule has 0 aliphatic rings. The topological polar surface area (TPSA) is 74.6 Å². The Kier molecular flexibility index (Phi) is 5.78. The van der Waals surface area contributed by atoms with E-state index >= 15 is 0 Å². The van der Waals surface area contributed by atoms with Gasteiger partial charge in [0.25, 0.3) is 0 Å². The standard InChI is InChI=1S/C12H20O4/c1-7(2)5-6-9(11(13)14)10(8(3)4)12(15)16/h7-8H,5-6H2,1-4H3,(H,13,14)(H,15,16)/b10-9-. The van der Waals surface area contributed by atoms with Gasteiger partial charge in [0.2, 0.25) is 0 Å². The van der Waals surface area contributed by atoms with Gasteiger partial charge in [-0.3, -0.25) is 0 Å². The first kappa shape index (κ1) is 14.7. The maximum Gasteiger partial charge on any atom is 0.332 e. The number of hydrogen-bond acceptors (Lipinski definition) is 2. The molecule has 0 saturated carbocycles. The van der Waals surface area contributed by atoms with E-state index in [1.165, 1.54) is 0 Å². The van der Waals surface area contributed by atoms with Crippen LogP contribution in [0.3, 0.4) is 0 Å². The second kappa shape index (κ2) is 6.30. The molecule has 0 spiro atoms. The molecule has 0 atom stereocenters. The zero-order chi connectivity index (χ0) is 12.9. The second-order valence-electron chi connectivity index (χ2n) is 4.59. The second-order valence-corrected chi connectivity index (χ2v) is 4.59. The molecule has 0 radical (unpaired) electrons. The molecule has 0 unspecified atom stereocenters. The third kappa shape index (κ3) is 4.47. The minimum absolute atomic E-state index is 0.0214. The predicted octanol–water partition coefficient (Wildman–Crippen LogP) is 2.54. The summed E-state index contributed by atoms with van der Waals surface area (Å²) in [6, 6.07) is 0. The summed E-state index contributed by atoms with van der Waals surface area (Å²) in [6.07, 6.45) is 0.998. The molecule has 4 nitrogen and oxygen atoms in total. The van der Waals surface area contributed by atoms with Crippen LogP contribution in [0.25, 0.3) is 0 Å². The lowest BCUT2D eigenvalue weighted by molar-refractivity contribution is -0.136. The minimum Gasteiger partial charge on any atom is -0.478 e. The van der Waals surface area contributed by atoms with Gasteiger partial charge >= 0.3 is 11.9 Å². The van der Waals surface area contributed by atoms with Gasteiger partial charge in [0.05, 0.1) is 0 Å². The molecule has 0 aliphatic heterocycles. The van der Waals surface area contributed by atoms with E-state index < -0.39 is 11.9 Å². The fourth-order valence-electron chi connectivity index (χ4n) is 1.51. The van der Waals surface area contributed by atoms with E-state index in [1.54, 1.807) is 13.8 Å². The average molecular weight is 228 g/mol. The third-order valence-electron chi connectivity index (χ3n) is 2.36. The van der Waals surface area contributed by atoms with Gasteiger partial charge in [-0.25, -0.2) is 9.59 Å². The van der Waals surface area contributed by atoms with Crippen molar-refractivity contribution in [1.82, 2.24) is 0 Å². The summed E-state index contributed by atoms with van der Waals surface area (Å²) in [4.78, 5) is 22.1. The molecule has 0 aliphatic carbocycles. The maximum atomic E-state index is 11.0. The van der Waals surface area contributed by atoms with Crippen molar-refractivity contribution in [2.24, 2.45) is 11.8 Å². The first-order chi connectivity index (χ1) is 7.27. The number of rotatable bonds is 6. The molecule has 16 heavy (non-hydrogen) atoms. The first-order valence-electron chi connectivity index (χ1n) is 5.47. The zero-order valence-electron chi connectivity index (χ0n) is 10.3. The molecule has 0 bridgehead atoms. The molecular formula is C12H20O4. The van der Waals surface area contributed by atoms with Crippen molar-refractivity contribution in [2.45, 2.75) is 40.5 Å². The SMILES string of the molecule is CC(C)CC/C(C(=O)O)=C(/C(=O)O)C(C)C. The van der Waals surface area contributed by atoms with Crippen molar-refractivity contribution >= 4 is 11.9 Å². The molecule has 0 saturated heterocycles. The highest BCUT2D eigenvalue weighted by Gasteiger charge is 2.22. The molecule has 0 aromatic rings. The van der Waals surface area contributed by atoms with E-state index in [9.17, 15) is 9.59 Å². The lowest BCUT2D eigenvalue weighted by atomic mass is 9.92. The number of carboxylic acid groups (broad SMARTS) is 2. The van der Waals surface area contributed by atoms with Crippen LogP contribution in [0, 0.1) is 11.8 Å². The van der Waals surface area contributed by atoms with Crippen molar-refractivity contribution in [3.05, 3.63) is 11.1 Å². The molecular weight excluding hydrogens is 208 g/mol. The van der Waals surface area contributed by atoms with Crippen LogP contribution in [-0.2, 0) is 9.59 Å². The molecule has 0 aromatic carbocycles. The average Bonchev–Trinajstić information content (AvgIpc) is 2.09. The van der Waals surface area contributed by atoms with Crippen molar-refractivity contribution in [3.8, 4) is 0 Å². The van der Waals surface area contributed by atoms with Gasteiger partial charge in [0, 0.05) is 11.1 Å². The normalized spacial score (nSPS) is 12.9. The van der Waals surface area contributed by atoms with Gasteiger partial charge in [-0.15, -0.1) is 0 Å². The fraction of sp³-hybridized carbons (Fsp3) is 0.667. The van der Waals surface area contributed by atoms with Gasteiger partial charge in [0.1, 0.15) is 0 Å². The van der Waals surface area contributed by atoms with Crippen LogP contribution in [0.4, 0.5) is 0 Å². The third-order valence-corrected chi connectivity index (χ3v) is 2.36. The molecule has 0 heterocycles. The number of carbonyl (C=O) groups is 2. The van der Waals surface area contributed by atoms with Crippen LogP contribution in [0.2, 0.25) is 0 Å². The van der Waals surface area contributed by atoms with E-state index in [0.29, 0.717) is 18.8 Å². The summed E-state index contributed by atoms with van der Waals surface area (Å²) in [5.41, 5.74) is 0.0596. The Bertz CT molecular complexity index is 300. The van der Waals surface area contributed by atoms with E-state index in [0.717, 1.165) is 0 Å². The van der Waals surface area contributed by atoms with Crippen LogP contribution in [-0.4, -0.2) is 22.2 Å². The lowest BCUT2D eigenvalue weighted by Crippen LogP contribution is -2.16. The summed E-state index contributed by atoms with van der Waals surface area (Å²) < 4.78 is 0. The summed E-state index contributed by atoms with van der Waals surface area (Å²) in [5, 5.41) is 18.0. The molecule has 92 valence electrons. The van der Waals surface area contributed by atoms with Crippen molar-refractivity contribution in [1.29, 1.82) is 0 Å². The van der Waals surface area contributed by atoms with E-state index in [-0.39, 0.29) is 17.1 Å². The molecule has 0 amide bonds. The van der Waals surface area contributed by atoms with Gasteiger partial charge in [-0.1, -0.05) is 27.7 Å². The summed E-state index contributed by atoms with van der Waals surface area (Å²) in [7, 11) is 0. The van der Waals surface area contributed by atoms with Crippen molar-refractivity contribution in [3.63, 3.8) is 0 Å². The lowest BCUT2D eigenvalue weighted by Gasteiger charge is -2.12. The highest BCUT2D eigenvalue weighted by molar-refractivity contribution is 5.99. The largest absolute Gasteiger partial charge is 0.478 e. The van der Waals surface area contributed by atoms with Gasteiger partial charge in [-0.2, -0.15) is 0 Å². The van der Waals surface area contributed by atoms with E-state index in [1.807, 2.05) is 13.8 Å². The summed E-state index contributed by atoms with van der Waals surface area (Å²) in [5.74, 6) is -2.17. The van der Waals surface area contributed by atoms with Crippen LogP contribution in [0.5, 0.6) is 0 Å². The fourth-order valence-corrected chi connectivity index (χ4v) is 1.51. The van der Waals surface area contributed by atoms with E-state index in [2.05, 4.69) is 0 Å². The minimum atomic E-state index is -1.13. The van der Waals surface area contributed by atoms with Gasteiger partial charge in [-0.05, 0) is 24.7 Å². The predicted molar refractivity (Wildman–Crippen MR) is 61.2 cm³/mol. The van der Waals surface area contributed by atoms with Crippen molar-refractivity contribution in [2.75, 3.05) is 0 Å². The monoisotopic (exact) mass is 228 g/mol. The Morgan fingerprint density at radius 2 is 1.50 bits per heavy atom. The number of aliphatic carboxylic acids is 2. The highest BCUT2D eigenvalue weighted by Crippen LogP contribution is 2.21. The molecule has 0 aromatic heterocycles. The van der Waals surface area contributed by atoms with Crippen LogP contribution < -0.4 is 0 Å². The number of hydrogen-bond donors (Lipinski definition) is 2.